The van der Waals surface area contributed by atoms with E-state index in [1.807, 2.05) is 36.0 Å². The highest BCUT2D eigenvalue weighted by Crippen LogP contribution is 2.17. The second-order valence-corrected chi connectivity index (χ2v) is 5.65. The number of halogens is 1. The van der Waals surface area contributed by atoms with Gasteiger partial charge in [-0.25, -0.2) is 0 Å². The number of hydrazone groups is 1. The van der Waals surface area contributed by atoms with Crippen LogP contribution in [0.3, 0.4) is 0 Å². The largest absolute Gasteiger partial charge is 0.279 e. The zero-order valence-corrected chi connectivity index (χ0v) is 12.2. The van der Waals surface area contributed by atoms with E-state index in [4.69, 9.17) is 11.6 Å². The van der Waals surface area contributed by atoms with Crippen molar-refractivity contribution < 1.29 is 0 Å². The molecule has 98 valence electrons. The van der Waals surface area contributed by atoms with Gasteiger partial charge in [-0.2, -0.15) is 5.10 Å². The Labute approximate surface area is 122 Å². The molecular formula is C15H15ClN2S. The molecule has 2 aromatic rings. The van der Waals surface area contributed by atoms with Gasteiger partial charge in [-0.1, -0.05) is 30.7 Å². The lowest BCUT2D eigenvalue weighted by atomic mass is 10.2. The van der Waals surface area contributed by atoms with Crippen molar-refractivity contribution in [2.75, 3.05) is 11.2 Å². The Morgan fingerprint density at radius 1 is 1.11 bits per heavy atom. The molecule has 0 bridgehead atoms. The normalized spacial score (nSPS) is 10.8. The first-order valence-corrected chi connectivity index (χ1v) is 7.42. The Morgan fingerprint density at radius 2 is 1.79 bits per heavy atom. The fourth-order valence-corrected chi connectivity index (χ4v) is 2.31. The van der Waals surface area contributed by atoms with E-state index < -0.39 is 0 Å². The van der Waals surface area contributed by atoms with Crippen LogP contribution in [0.25, 0.3) is 0 Å². The standard InChI is InChI=1S/C15H15ClN2S/c1-2-19-15-9-3-12(4-10-15)11-17-18-14-7-5-13(16)6-8-14/h3-11,18H,2H2,1H3. The maximum absolute atomic E-state index is 5.81. The van der Waals surface area contributed by atoms with Crippen LogP contribution in [0.2, 0.25) is 5.02 Å². The van der Waals surface area contributed by atoms with Crippen molar-refractivity contribution in [3.8, 4) is 0 Å². The van der Waals surface area contributed by atoms with Gasteiger partial charge in [0.05, 0.1) is 11.9 Å². The van der Waals surface area contributed by atoms with Crippen LogP contribution in [0.5, 0.6) is 0 Å². The summed E-state index contributed by atoms with van der Waals surface area (Å²) in [5.41, 5.74) is 4.95. The van der Waals surface area contributed by atoms with Gasteiger partial charge in [0.2, 0.25) is 0 Å². The van der Waals surface area contributed by atoms with Crippen LogP contribution in [0.1, 0.15) is 12.5 Å². The van der Waals surface area contributed by atoms with Crippen LogP contribution in [0, 0.1) is 0 Å². The summed E-state index contributed by atoms with van der Waals surface area (Å²) in [5.74, 6) is 1.09. The van der Waals surface area contributed by atoms with Crippen molar-refractivity contribution in [2.24, 2.45) is 5.10 Å². The number of thioether (sulfide) groups is 1. The van der Waals surface area contributed by atoms with E-state index in [2.05, 4.69) is 41.7 Å². The Hall–Kier alpha value is -1.45. The zero-order chi connectivity index (χ0) is 13.5. The monoisotopic (exact) mass is 290 g/mol. The van der Waals surface area contributed by atoms with Gasteiger partial charge >= 0.3 is 0 Å². The van der Waals surface area contributed by atoms with E-state index in [1.165, 1.54) is 4.90 Å². The first-order valence-electron chi connectivity index (χ1n) is 6.05. The van der Waals surface area contributed by atoms with Crippen molar-refractivity contribution in [1.29, 1.82) is 0 Å². The van der Waals surface area contributed by atoms with E-state index in [9.17, 15) is 0 Å². The second-order valence-electron chi connectivity index (χ2n) is 3.88. The minimum atomic E-state index is 0.721. The van der Waals surface area contributed by atoms with Crippen LogP contribution >= 0.6 is 23.4 Å². The maximum Gasteiger partial charge on any atom is 0.0562 e. The Kier molecular flexibility index (Phi) is 5.31. The Morgan fingerprint density at radius 3 is 2.42 bits per heavy atom. The molecule has 2 nitrogen and oxygen atoms in total. The molecule has 0 radical (unpaired) electrons. The molecule has 0 unspecified atom stereocenters. The topological polar surface area (TPSA) is 24.4 Å². The number of benzene rings is 2. The summed E-state index contributed by atoms with van der Waals surface area (Å²) in [6.07, 6.45) is 1.80. The van der Waals surface area contributed by atoms with E-state index in [1.54, 1.807) is 6.21 Å². The van der Waals surface area contributed by atoms with Gasteiger partial charge in [0, 0.05) is 9.92 Å². The zero-order valence-electron chi connectivity index (χ0n) is 10.6. The summed E-state index contributed by atoms with van der Waals surface area (Å²) in [4.78, 5) is 1.28. The first-order chi connectivity index (χ1) is 9.28. The van der Waals surface area contributed by atoms with E-state index in [-0.39, 0.29) is 0 Å². The molecule has 0 heterocycles. The SMILES string of the molecule is CCSc1ccc(C=NNc2ccc(Cl)cc2)cc1. The van der Waals surface area contributed by atoms with Crippen LogP contribution in [-0.4, -0.2) is 12.0 Å². The number of nitrogens with zero attached hydrogens (tertiary/aromatic N) is 1. The summed E-state index contributed by atoms with van der Waals surface area (Å²) in [7, 11) is 0. The van der Waals surface area contributed by atoms with Crippen molar-refractivity contribution in [3.05, 3.63) is 59.1 Å². The van der Waals surface area contributed by atoms with Crippen LogP contribution in [0.15, 0.2) is 58.5 Å². The Bertz CT molecular complexity index is 535. The molecule has 0 spiro atoms. The van der Waals surface area contributed by atoms with Crippen LogP contribution < -0.4 is 5.43 Å². The number of nitrogens with one attached hydrogen (secondary N) is 1. The van der Waals surface area contributed by atoms with Gasteiger partial charge in [-0.05, 0) is 47.7 Å². The maximum atomic E-state index is 5.81. The van der Waals surface area contributed by atoms with Crippen molar-refractivity contribution in [2.45, 2.75) is 11.8 Å². The molecule has 0 aromatic heterocycles. The fourth-order valence-electron chi connectivity index (χ4n) is 1.52. The quantitative estimate of drug-likeness (QED) is 0.481. The lowest BCUT2D eigenvalue weighted by Crippen LogP contribution is -1.90. The summed E-state index contributed by atoms with van der Waals surface area (Å²) in [5, 5.41) is 4.91. The number of hydrogen-bond donors (Lipinski definition) is 1. The summed E-state index contributed by atoms with van der Waals surface area (Å²) < 4.78 is 0. The van der Waals surface area contributed by atoms with E-state index in [0.29, 0.717) is 0 Å². The first kappa shape index (κ1) is 14.0. The fraction of sp³-hybridized carbons (Fsp3) is 0.133. The predicted molar refractivity (Wildman–Crippen MR) is 85.5 cm³/mol. The molecule has 0 aliphatic rings. The molecule has 19 heavy (non-hydrogen) atoms. The molecule has 0 aliphatic carbocycles. The molecule has 0 amide bonds. The molecule has 0 aliphatic heterocycles. The minimum Gasteiger partial charge on any atom is -0.279 e. The van der Waals surface area contributed by atoms with Gasteiger partial charge in [-0.15, -0.1) is 11.8 Å². The highest BCUT2D eigenvalue weighted by molar-refractivity contribution is 7.99. The van der Waals surface area contributed by atoms with E-state index in [0.717, 1.165) is 22.0 Å². The molecule has 0 fully saturated rings. The summed E-state index contributed by atoms with van der Waals surface area (Å²) in [6.45, 7) is 2.15. The molecule has 0 saturated carbocycles. The number of rotatable bonds is 5. The average molecular weight is 291 g/mol. The highest BCUT2D eigenvalue weighted by atomic mass is 35.5. The summed E-state index contributed by atoms with van der Waals surface area (Å²) in [6, 6.07) is 15.8. The molecule has 4 heteroatoms. The van der Waals surface area contributed by atoms with Crippen molar-refractivity contribution >= 4 is 35.3 Å². The van der Waals surface area contributed by atoms with E-state index >= 15 is 0 Å². The lowest BCUT2D eigenvalue weighted by Gasteiger charge is -2.00. The smallest absolute Gasteiger partial charge is 0.0562 e. The molecule has 0 atom stereocenters. The van der Waals surface area contributed by atoms with Gasteiger partial charge in [0.1, 0.15) is 0 Å². The third-order valence-corrected chi connectivity index (χ3v) is 3.59. The molecule has 0 saturated heterocycles. The van der Waals surface area contributed by atoms with Gasteiger partial charge in [0.15, 0.2) is 0 Å². The minimum absolute atomic E-state index is 0.721. The summed E-state index contributed by atoms with van der Waals surface area (Å²) >= 11 is 7.65. The van der Waals surface area contributed by atoms with Gasteiger partial charge in [0.25, 0.3) is 0 Å². The van der Waals surface area contributed by atoms with Crippen molar-refractivity contribution in [1.82, 2.24) is 0 Å². The molecular weight excluding hydrogens is 276 g/mol. The molecule has 2 aromatic carbocycles. The van der Waals surface area contributed by atoms with Crippen LogP contribution in [-0.2, 0) is 0 Å². The lowest BCUT2D eigenvalue weighted by molar-refractivity contribution is 1.34. The predicted octanol–water partition coefficient (Wildman–Crippen LogP) is 4.90. The van der Waals surface area contributed by atoms with Gasteiger partial charge in [-0.3, -0.25) is 5.43 Å². The number of anilines is 1. The average Bonchev–Trinajstić information content (AvgIpc) is 2.43. The number of hydrogen-bond acceptors (Lipinski definition) is 3. The molecule has 2 rings (SSSR count). The van der Waals surface area contributed by atoms with Gasteiger partial charge < -0.3 is 0 Å². The Balaban J connectivity index is 1.93. The second kappa shape index (κ2) is 7.22. The molecule has 1 N–H and O–H groups in total. The third-order valence-electron chi connectivity index (χ3n) is 2.44. The van der Waals surface area contributed by atoms with Crippen LogP contribution in [0.4, 0.5) is 5.69 Å². The van der Waals surface area contributed by atoms with Crippen molar-refractivity contribution in [3.63, 3.8) is 0 Å². The highest BCUT2D eigenvalue weighted by Gasteiger charge is 1.92. The third kappa shape index (κ3) is 4.62.